The minimum absolute atomic E-state index is 0.389. The maximum absolute atomic E-state index is 11.1. The minimum Gasteiger partial charge on any atom is -0.351 e. The van der Waals surface area contributed by atoms with Crippen molar-refractivity contribution in [2.45, 2.75) is 26.2 Å². The summed E-state index contributed by atoms with van der Waals surface area (Å²) in [6.45, 7) is 4.62. The van der Waals surface area contributed by atoms with Crippen molar-refractivity contribution in [1.29, 1.82) is 0 Å². The number of nitrogens with zero attached hydrogens (tertiary/aromatic N) is 1. The van der Waals surface area contributed by atoms with Crippen LogP contribution in [0.25, 0.3) is 0 Å². The molecule has 17 heavy (non-hydrogen) atoms. The van der Waals surface area contributed by atoms with E-state index in [9.17, 15) is 4.79 Å². The smallest absolute Gasteiger partial charge is 0.167 e. The molecule has 0 radical (unpaired) electrons. The van der Waals surface area contributed by atoms with Crippen LogP contribution in [0.3, 0.4) is 0 Å². The Morgan fingerprint density at radius 3 is 2.82 bits per heavy atom. The Hall–Kier alpha value is -1.19. The van der Waals surface area contributed by atoms with Crippen molar-refractivity contribution in [3.63, 3.8) is 0 Å². The SMILES string of the molecule is CC1CCN([C@@H](C=O)OCc2ccccc2)C1. The van der Waals surface area contributed by atoms with E-state index in [1.807, 2.05) is 30.3 Å². The van der Waals surface area contributed by atoms with Gasteiger partial charge in [0.15, 0.2) is 12.5 Å². The van der Waals surface area contributed by atoms with Crippen LogP contribution in [-0.4, -0.2) is 30.5 Å². The largest absolute Gasteiger partial charge is 0.351 e. The van der Waals surface area contributed by atoms with E-state index in [1.165, 1.54) is 0 Å². The van der Waals surface area contributed by atoms with Gasteiger partial charge in [0.2, 0.25) is 0 Å². The zero-order valence-electron chi connectivity index (χ0n) is 10.2. The summed E-state index contributed by atoms with van der Waals surface area (Å²) >= 11 is 0. The van der Waals surface area contributed by atoms with Gasteiger partial charge in [-0.1, -0.05) is 37.3 Å². The summed E-state index contributed by atoms with van der Waals surface area (Å²) in [6, 6.07) is 9.95. The number of likely N-dealkylation sites (tertiary alicyclic amines) is 1. The molecule has 0 bridgehead atoms. The van der Waals surface area contributed by atoms with Gasteiger partial charge >= 0.3 is 0 Å². The van der Waals surface area contributed by atoms with Gasteiger partial charge in [-0.3, -0.25) is 9.69 Å². The lowest BCUT2D eigenvalue weighted by Gasteiger charge is -2.22. The zero-order chi connectivity index (χ0) is 12.1. The third kappa shape index (κ3) is 3.38. The van der Waals surface area contributed by atoms with Crippen molar-refractivity contribution in [2.24, 2.45) is 5.92 Å². The predicted octanol–water partition coefficient (Wildman–Crippen LogP) is 2.07. The predicted molar refractivity (Wildman–Crippen MR) is 66.4 cm³/mol. The Bertz CT molecular complexity index is 352. The third-order valence-electron chi connectivity index (χ3n) is 3.20. The second-order valence-corrected chi connectivity index (χ2v) is 4.71. The highest BCUT2D eigenvalue weighted by molar-refractivity contribution is 5.55. The van der Waals surface area contributed by atoms with Crippen LogP contribution < -0.4 is 0 Å². The van der Waals surface area contributed by atoms with E-state index >= 15 is 0 Å². The van der Waals surface area contributed by atoms with E-state index in [1.54, 1.807) is 0 Å². The lowest BCUT2D eigenvalue weighted by Crippen LogP contribution is -2.36. The topological polar surface area (TPSA) is 29.5 Å². The minimum atomic E-state index is -0.389. The van der Waals surface area contributed by atoms with Gasteiger partial charge < -0.3 is 4.74 Å². The molecule has 1 unspecified atom stereocenters. The molecule has 0 aliphatic carbocycles. The standard InChI is InChI=1S/C14H19NO2/c1-12-7-8-15(9-12)14(10-16)17-11-13-5-3-2-4-6-13/h2-6,10,12,14H,7-9,11H2,1H3/t12?,14-/m1/s1. The molecule has 1 aliphatic rings. The van der Waals surface area contributed by atoms with E-state index in [0.29, 0.717) is 12.5 Å². The molecule has 3 nitrogen and oxygen atoms in total. The second kappa shape index (κ2) is 5.94. The summed E-state index contributed by atoms with van der Waals surface area (Å²) in [7, 11) is 0. The Labute approximate surface area is 102 Å². The lowest BCUT2D eigenvalue weighted by atomic mass is 10.2. The first-order chi connectivity index (χ1) is 8.29. The summed E-state index contributed by atoms with van der Waals surface area (Å²) in [6.07, 6.45) is 1.67. The molecule has 0 N–H and O–H groups in total. The molecule has 1 saturated heterocycles. The van der Waals surface area contributed by atoms with Gasteiger partial charge in [-0.25, -0.2) is 0 Å². The maximum Gasteiger partial charge on any atom is 0.167 e. The first-order valence-corrected chi connectivity index (χ1v) is 6.14. The number of ether oxygens (including phenoxy) is 1. The van der Waals surface area contributed by atoms with Gasteiger partial charge in [-0.05, 0) is 17.9 Å². The van der Waals surface area contributed by atoms with Gasteiger partial charge in [0, 0.05) is 13.1 Å². The average molecular weight is 233 g/mol. The first-order valence-electron chi connectivity index (χ1n) is 6.14. The molecule has 0 spiro atoms. The lowest BCUT2D eigenvalue weighted by molar-refractivity contribution is -0.131. The molecule has 0 aromatic heterocycles. The molecule has 1 aliphatic heterocycles. The fourth-order valence-electron chi connectivity index (χ4n) is 2.19. The van der Waals surface area contributed by atoms with Gasteiger partial charge in [0.05, 0.1) is 6.61 Å². The Balaban J connectivity index is 1.86. The zero-order valence-corrected chi connectivity index (χ0v) is 10.2. The molecule has 0 amide bonds. The quantitative estimate of drug-likeness (QED) is 0.729. The van der Waals surface area contributed by atoms with Crippen molar-refractivity contribution in [3.8, 4) is 0 Å². The van der Waals surface area contributed by atoms with Crippen molar-refractivity contribution >= 4 is 6.29 Å². The number of rotatable bonds is 5. The molecular formula is C14H19NO2. The summed E-state index contributed by atoms with van der Waals surface area (Å²) in [5.41, 5.74) is 1.10. The van der Waals surface area contributed by atoms with Crippen LogP contribution >= 0.6 is 0 Å². The van der Waals surface area contributed by atoms with Crippen LogP contribution in [-0.2, 0) is 16.1 Å². The van der Waals surface area contributed by atoms with Crippen LogP contribution in [0.15, 0.2) is 30.3 Å². The molecule has 1 heterocycles. The molecule has 1 aromatic rings. The van der Waals surface area contributed by atoms with Gasteiger partial charge in [0.25, 0.3) is 0 Å². The van der Waals surface area contributed by atoms with E-state index in [2.05, 4.69) is 11.8 Å². The Kier molecular flexibility index (Phi) is 4.29. The molecule has 0 saturated carbocycles. The van der Waals surface area contributed by atoms with Crippen molar-refractivity contribution < 1.29 is 9.53 Å². The van der Waals surface area contributed by atoms with Crippen LogP contribution in [0.1, 0.15) is 18.9 Å². The molecule has 1 aromatic carbocycles. The normalized spacial score (nSPS) is 22.5. The number of aldehydes is 1. The van der Waals surface area contributed by atoms with Gasteiger partial charge in [0.1, 0.15) is 0 Å². The van der Waals surface area contributed by atoms with E-state index in [-0.39, 0.29) is 6.23 Å². The Morgan fingerprint density at radius 1 is 1.47 bits per heavy atom. The van der Waals surface area contributed by atoms with Gasteiger partial charge in [-0.15, -0.1) is 0 Å². The molecular weight excluding hydrogens is 214 g/mol. The average Bonchev–Trinajstić information content (AvgIpc) is 2.78. The van der Waals surface area contributed by atoms with Crippen LogP contribution in [0.2, 0.25) is 0 Å². The highest BCUT2D eigenvalue weighted by Crippen LogP contribution is 2.18. The molecule has 92 valence electrons. The third-order valence-corrected chi connectivity index (χ3v) is 3.20. The summed E-state index contributed by atoms with van der Waals surface area (Å²) < 4.78 is 5.67. The number of benzene rings is 1. The molecule has 2 atom stereocenters. The number of carbonyl (C=O) groups excluding carboxylic acids is 1. The first kappa shape index (κ1) is 12.3. The van der Waals surface area contributed by atoms with Crippen molar-refractivity contribution in [1.82, 2.24) is 4.90 Å². The van der Waals surface area contributed by atoms with Crippen LogP contribution in [0.5, 0.6) is 0 Å². The summed E-state index contributed by atoms with van der Waals surface area (Å²) in [5.74, 6) is 0.665. The number of carbonyl (C=O) groups is 1. The number of hydrogen-bond acceptors (Lipinski definition) is 3. The Morgan fingerprint density at radius 2 is 2.24 bits per heavy atom. The highest BCUT2D eigenvalue weighted by atomic mass is 16.5. The fourth-order valence-corrected chi connectivity index (χ4v) is 2.19. The maximum atomic E-state index is 11.1. The molecule has 2 rings (SSSR count). The number of hydrogen-bond donors (Lipinski definition) is 0. The van der Waals surface area contributed by atoms with Crippen LogP contribution in [0, 0.1) is 5.92 Å². The van der Waals surface area contributed by atoms with Crippen molar-refractivity contribution in [2.75, 3.05) is 13.1 Å². The fraction of sp³-hybridized carbons (Fsp3) is 0.500. The van der Waals surface area contributed by atoms with E-state index < -0.39 is 0 Å². The van der Waals surface area contributed by atoms with Crippen molar-refractivity contribution in [3.05, 3.63) is 35.9 Å². The second-order valence-electron chi connectivity index (χ2n) is 4.71. The van der Waals surface area contributed by atoms with Crippen LogP contribution in [0.4, 0.5) is 0 Å². The summed E-state index contributed by atoms with van der Waals surface area (Å²) in [5, 5.41) is 0. The molecule has 3 heteroatoms. The monoisotopic (exact) mass is 233 g/mol. The molecule has 1 fully saturated rings. The highest BCUT2D eigenvalue weighted by Gasteiger charge is 2.25. The van der Waals surface area contributed by atoms with E-state index in [4.69, 9.17) is 4.74 Å². The van der Waals surface area contributed by atoms with E-state index in [0.717, 1.165) is 31.4 Å². The summed E-state index contributed by atoms with van der Waals surface area (Å²) in [4.78, 5) is 13.2. The van der Waals surface area contributed by atoms with Gasteiger partial charge in [-0.2, -0.15) is 0 Å².